The van der Waals surface area contributed by atoms with Gasteiger partial charge < -0.3 is 24.6 Å². The minimum atomic E-state index is -1.03. The van der Waals surface area contributed by atoms with E-state index in [0.717, 1.165) is 16.7 Å². The Labute approximate surface area is 248 Å². The number of aromatic carboxylic acids is 1. The Morgan fingerprint density at radius 1 is 1.07 bits per heavy atom. The summed E-state index contributed by atoms with van der Waals surface area (Å²) in [7, 11) is 1.46. The third-order valence-corrected chi connectivity index (χ3v) is 7.23. The molecule has 4 rings (SSSR count). The molecule has 3 aromatic rings. The van der Waals surface area contributed by atoms with E-state index in [1.165, 1.54) is 25.3 Å². The zero-order valence-electron chi connectivity index (χ0n) is 22.0. The Bertz CT molecular complexity index is 1520. The number of hydrogen-bond donors (Lipinski definition) is 2. The maximum atomic E-state index is 13.0. The Hall–Kier alpha value is -4.29. The summed E-state index contributed by atoms with van der Waals surface area (Å²) < 4.78 is 17.3. The molecule has 0 spiro atoms. The van der Waals surface area contributed by atoms with Crippen molar-refractivity contribution in [2.45, 2.75) is 13.5 Å². The first-order valence-electron chi connectivity index (χ1n) is 12.3. The third-order valence-electron chi connectivity index (χ3n) is 5.73. The van der Waals surface area contributed by atoms with Gasteiger partial charge in [0.05, 0.1) is 28.7 Å². The SMILES string of the molecule is CCOc1ccc(NC(=O)CN2C(=O)S/C(=C/c3cc(Br)c(OCc4cccc(C(=O)O)c4)c(OC)c3)C2=O)cc1. The molecule has 2 N–H and O–H groups in total. The summed E-state index contributed by atoms with van der Waals surface area (Å²) in [4.78, 5) is 50.3. The molecule has 0 bridgehead atoms. The molecular weight excluding hydrogens is 616 g/mol. The number of rotatable bonds is 11. The molecule has 212 valence electrons. The molecule has 41 heavy (non-hydrogen) atoms. The predicted octanol–water partition coefficient (Wildman–Crippen LogP) is 5.81. The van der Waals surface area contributed by atoms with Crippen molar-refractivity contribution in [1.82, 2.24) is 4.90 Å². The molecule has 3 amide bonds. The lowest BCUT2D eigenvalue weighted by Gasteiger charge is -2.14. The lowest BCUT2D eigenvalue weighted by Crippen LogP contribution is -2.36. The highest BCUT2D eigenvalue weighted by Crippen LogP contribution is 2.39. The van der Waals surface area contributed by atoms with Crippen molar-refractivity contribution >= 4 is 62.5 Å². The fourth-order valence-electron chi connectivity index (χ4n) is 3.85. The zero-order chi connectivity index (χ0) is 29.5. The van der Waals surface area contributed by atoms with Crippen LogP contribution in [0.15, 0.2) is 70.0 Å². The number of hydrogen-bond acceptors (Lipinski definition) is 8. The molecule has 0 saturated carbocycles. The summed E-state index contributed by atoms with van der Waals surface area (Å²) in [5, 5.41) is 11.3. The molecule has 0 aromatic heterocycles. The second-order valence-corrected chi connectivity index (χ2v) is 10.4. The van der Waals surface area contributed by atoms with Crippen LogP contribution < -0.4 is 19.5 Å². The van der Waals surface area contributed by atoms with Gasteiger partial charge in [-0.3, -0.25) is 19.3 Å². The lowest BCUT2D eigenvalue weighted by atomic mass is 10.1. The van der Waals surface area contributed by atoms with Crippen LogP contribution in [0.1, 0.15) is 28.4 Å². The summed E-state index contributed by atoms with van der Waals surface area (Å²) in [6.07, 6.45) is 1.53. The number of nitrogens with zero attached hydrogens (tertiary/aromatic N) is 1. The number of thioether (sulfide) groups is 1. The molecule has 0 aliphatic carbocycles. The number of carbonyl (C=O) groups excluding carboxylic acids is 3. The lowest BCUT2D eigenvalue weighted by molar-refractivity contribution is -0.127. The molecule has 1 saturated heterocycles. The topological polar surface area (TPSA) is 131 Å². The molecule has 1 aliphatic rings. The maximum Gasteiger partial charge on any atom is 0.335 e. The molecule has 1 heterocycles. The van der Waals surface area contributed by atoms with Gasteiger partial charge in [-0.15, -0.1) is 0 Å². The van der Waals surface area contributed by atoms with Gasteiger partial charge in [0.15, 0.2) is 11.5 Å². The van der Waals surface area contributed by atoms with E-state index in [0.29, 0.717) is 45.1 Å². The zero-order valence-corrected chi connectivity index (χ0v) is 24.4. The van der Waals surface area contributed by atoms with Crippen LogP contribution in [-0.2, 0) is 16.2 Å². The van der Waals surface area contributed by atoms with E-state index in [1.54, 1.807) is 48.5 Å². The van der Waals surface area contributed by atoms with Gasteiger partial charge in [-0.2, -0.15) is 0 Å². The molecule has 1 fully saturated rings. The van der Waals surface area contributed by atoms with Crippen molar-refractivity contribution in [2.75, 3.05) is 25.6 Å². The smallest absolute Gasteiger partial charge is 0.335 e. The van der Waals surface area contributed by atoms with Crippen molar-refractivity contribution < 1.29 is 38.5 Å². The number of amides is 3. The summed E-state index contributed by atoms with van der Waals surface area (Å²) in [5.74, 6) is -0.742. The van der Waals surface area contributed by atoms with E-state index in [2.05, 4.69) is 21.2 Å². The second kappa shape index (κ2) is 13.4. The van der Waals surface area contributed by atoms with Gasteiger partial charge >= 0.3 is 5.97 Å². The van der Waals surface area contributed by atoms with Gasteiger partial charge in [0, 0.05) is 5.69 Å². The summed E-state index contributed by atoms with van der Waals surface area (Å²) in [6.45, 7) is 2.05. The summed E-state index contributed by atoms with van der Waals surface area (Å²) >= 11 is 4.19. The number of carboxylic acids is 1. The highest BCUT2D eigenvalue weighted by molar-refractivity contribution is 9.10. The van der Waals surface area contributed by atoms with Crippen LogP contribution in [0.4, 0.5) is 10.5 Å². The average Bonchev–Trinajstić information content (AvgIpc) is 3.20. The third kappa shape index (κ3) is 7.47. The van der Waals surface area contributed by atoms with Gasteiger partial charge in [0.25, 0.3) is 11.1 Å². The standard InChI is InChI=1S/C29H25BrN2O8S/c1-3-39-21-9-7-20(8-10-21)31-25(33)15-32-27(34)24(41-29(32)37)14-18-12-22(30)26(23(13-18)38-2)40-16-17-5-4-6-19(11-17)28(35)36/h4-14H,3,15-16H2,1-2H3,(H,31,33)(H,35,36)/b24-14+. The first kappa shape index (κ1) is 29.7. The molecule has 12 heteroatoms. The molecule has 0 radical (unpaired) electrons. The second-order valence-electron chi connectivity index (χ2n) is 8.60. The van der Waals surface area contributed by atoms with Crippen molar-refractivity contribution in [1.29, 1.82) is 0 Å². The van der Waals surface area contributed by atoms with Crippen LogP contribution in [0.25, 0.3) is 6.08 Å². The largest absolute Gasteiger partial charge is 0.494 e. The quantitative estimate of drug-likeness (QED) is 0.249. The molecule has 1 aliphatic heterocycles. The highest BCUT2D eigenvalue weighted by atomic mass is 79.9. The number of carboxylic acid groups (broad SMARTS) is 1. The molecule has 3 aromatic carbocycles. The van der Waals surface area contributed by atoms with Crippen LogP contribution in [0.5, 0.6) is 17.2 Å². The minimum Gasteiger partial charge on any atom is -0.494 e. The fourth-order valence-corrected chi connectivity index (χ4v) is 5.26. The number of imide groups is 1. The first-order chi connectivity index (χ1) is 19.7. The first-order valence-corrected chi connectivity index (χ1v) is 13.9. The number of methoxy groups -OCH3 is 1. The minimum absolute atomic E-state index is 0.0903. The van der Waals surface area contributed by atoms with Gasteiger partial charge in [0.2, 0.25) is 5.91 Å². The van der Waals surface area contributed by atoms with Crippen molar-refractivity contribution in [3.05, 3.63) is 86.7 Å². The van der Waals surface area contributed by atoms with Crippen molar-refractivity contribution in [3.8, 4) is 17.2 Å². The van der Waals surface area contributed by atoms with Gasteiger partial charge in [-0.05, 0) is 100 Å². The van der Waals surface area contributed by atoms with E-state index in [1.807, 2.05) is 6.92 Å². The normalized spacial score (nSPS) is 13.8. The Morgan fingerprint density at radius 3 is 2.51 bits per heavy atom. The molecule has 10 nitrogen and oxygen atoms in total. The van der Waals surface area contributed by atoms with Crippen LogP contribution in [0, 0.1) is 0 Å². The Balaban J connectivity index is 1.44. The van der Waals surface area contributed by atoms with Crippen LogP contribution >= 0.6 is 27.7 Å². The highest BCUT2D eigenvalue weighted by Gasteiger charge is 2.36. The number of halogens is 1. The Morgan fingerprint density at radius 2 is 1.83 bits per heavy atom. The monoisotopic (exact) mass is 640 g/mol. The number of anilines is 1. The van der Waals surface area contributed by atoms with Gasteiger partial charge in [-0.1, -0.05) is 12.1 Å². The average molecular weight is 641 g/mol. The molecule has 0 atom stereocenters. The fraction of sp³-hybridized carbons (Fsp3) is 0.172. The summed E-state index contributed by atoms with van der Waals surface area (Å²) in [5.41, 5.74) is 1.87. The number of carbonyl (C=O) groups is 4. The maximum absolute atomic E-state index is 13.0. The van der Waals surface area contributed by atoms with E-state index in [4.69, 9.17) is 14.2 Å². The van der Waals surface area contributed by atoms with E-state index in [-0.39, 0.29) is 17.1 Å². The van der Waals surface area contributed by atoms with Crippen LogP contribution in [0.2, 0.25) is 0 Å². The van der Waals surface area contributed by atoms with E-state index >= 15 is 0 Å². The number of benzene rings is 3. The van der Waals surface area contributed by atoms with Crippen molar-refractivity contribution in [3.63, 3.8) is 0 Å². The van der Waals surface area contributed by atoms with Gasteiger partial charge in [0.1, 0.15) is 18.9 Å². The predicted molar refractivity (Wildman–Crippen MR) is 157 cm³/mol. The van der Waals surface area contributed by atoms with Crippen molar-refractivity contribution in [2.24, 2.45) is 0 Å². The van der Waals surface area contributed by atoms with Crippen LogP contribution in [0.3, 0.4) is 0 Å². The van der Waals surface area contributed by atoms with E-state index < -0.39 is 29.6 Å². The van der Waals surface area contributed by atoms with Gasteiger partial charge in [-0.25, -0.2) is 4.79 Å². The Kier molecular flexibility index (Phi) is 9.69. The molecular formula is C29H25BrN2O8S. The number of ether oxygens (including phenoxy) is 3. The van der Waals surface area contributed by atoms with E-state index in [9.17, 15) is 24.3 Å². The van der Waals surface area contributed by atoms with Crippen LogP contribution in [-0.4, -0.2) is 53.3 Å². The molecule has 0 unspecified atom stereocenters. The summed E-state index contributed by atoms with van der Waals surface area (Å²) in [6, 6.07) is 16.5. The number of nitrogens with one attached hydrogen (secondary N) is 1.